The average Bonchev–Trinajstić information content (AvgIpc) is 3.18. The van der Waals surface area contributed by atoms with Crippen molar-refractivity contribution in [3.8, 4) is 0 Å². The van der Waals surface area contributed by atoms with Gasteiger partial charge in [-0.05, 0) is 30.4 Å². The van der Waals surface area contributed by atoms with Gasteiger partial charge in [-0.25, -0.2) is 4.79 Å². The summed E-state index contributed by atoms with van der Waals surface area (Å²) in [5, 5.41) is 40.0. The number of non-ortho nitro benzene ring substituents is 3. The number of rotatable bonds is 7. The molecule has 38 heavy (non-hydrogen) atoms. The van der Waals surface area contributed by atoms with E-state index >= 15 is 0 Å². The van der Waals surface area contributed by atoms with Crippen LogP contribution in [0.3, 0.4) is 0 Å². The van der Waals surface area contributed by atoms with Gasteiger partial charge in [0.05, 0.1) is 37.5 Å². The average molecular weight is 525 g/mol. The largest absolute Gasteiger partial charge is 0.366 e. The van der Waals surface area contributed by atoms with Crippen molar-refractivity contribution in [1.29, 1.82) is 0 Å². The molecule has 2 atom stereocenters. The predicted octanol–water partition coefficient (Wildman–Crippen LogP) is 4.78. The Bertz CT molecular complexity index is 1390. The number of benzene rings is 2. The van der Waals surface area contributed by atoms with E-state index in [0.717, 1.165) is 18.2 Å². The van der Waals surface area contributed by atoms with Gasteiger partial charge in [0.25, 0.3) is 17.1 Å². The summed E-state index contributed by atoms with van der Waals surface area (Å²) >= 11 is 0. The molecule has 0 saturated heterocycles. The van der Waals surface area contributed by atoms with Crippen LogP contribution in [0.25, 0.3) is 0 Å². The molecule has 2 unspecified atom stereocenters. The van der Waals surface area contributed by atoms with Crippen LogP contribution in [0.1, 0.15) is 50.4 Å². The van der Waals surface area contributed by atoms with Crippen molar-refractivity contribution in [1.82, 2.24) is 0 Å². The minimum absolute atomic E-state index is 0.110. The lowest BCUT2D eigenvalue weighted by molar-refractivity contribution is -0.394. The fraction of sp³-hybridized carbons (Fsp3) is 0.375. The van der Waals surface area contributed by atoms with Crippen LogP contribution in [0.2, 0.25) is 0 Å². The Labute approximate surface area is 215 Å². The summed E-state index contributed by atoms with van der Waals surface area (Å²) in [6, 6.07) is 7.92. The van der Waals surface area contributed by atoms with E-state index in [4.69, 9.17) is 4.84 Å². The molecule has 2 aromatic carbocycles. The molecule has 1 N–H and O–H groups in total. The zero-order valence-electron chi connectivity index (χ0n) is 20.6. The Morgan fingerprint density at radius 2 is 1.42 bits per heavy atom. The van der Waals surface area contributed by atoms with Gasteiger partial charge in [-0.2, -0.15) is 0 Å². The second kappa shape index (κ2) is 8.97. The van der Waals surface area contributed by atoms with E-state index in [0.29, 0.717) is 24.2 Å². The number of nitrogens with zero attached hydrogens (tertiary/aromatic N) is 4. The number of carbonyl (C=O) groups excluding carboxylic acids is 2. The van der Waals surface area contributed by atoms with Crippen LogP contribution in [0.4, 0.5) is 22.7 Å². The Hall–Kier alpha value is -4.75. The van der Waals surface area contributed by atoms with Crippen LogP contribution in [0.15, 0.2) is 47.6 Å². The number of nitro benzene ring substituents is 3. The Morgan fingerprint density at radius 1 is 0.868 bits per heavy atom. The topological polar surface area (TPSA) is 197 Å². The number of fused-ring (bicyclic) bond motifs is 2. The maximum atomic E-state index is 13.5. The molecular weight excluding hydrogens is 502 g/mol. The van der Waals surface area contributed by atoms with E-state index in [9.17, 15) is 39.9 Å². The molecule has 0 spiro atoms. The molecule has 0 aliphatic heterocycles. The maximum Gasteiger partial charge on any atom is 0.366 e. The second-order valence-electron chi connectivity index (χ2n) is 10.1. The molecule has 2 aliphatic rings. The molecule has 2 aliphatic carbocycles. The van der Waals surface area contributed by atoms with Crippen molar-refractivity contribution in [2.45, 2.75) is 40.0 Å². The number of carbonyl (C=O) groups is 2. The molecule has 14 heteroatoms. The van der Waals surface area contributed by atoms with E-state index < -0.39 is 53.9 Å². The molecule has 0 radical (unpaired) electrons. The summed E-state index contributed by atoms with van der Waals surface area (Å²) in [4.78, 5) is 62.2. The standard InChI is InChI=1S/C24H23N5O9/c1-22(2)23(3)8-9-24(22,21(31)25-15-4-6-16(7-5-15)27(32)33)13-19(23)26-38-20(30)14-10-17(28(34)35)12-18(11-14)29(36)37/h4-7,10-12H,8-9,13H2,1-3H3,(H,25,31). The van der Waals surface area contributed by atoms with Gasteiger partial charge in [0, 0.05) is 41.8 Å². The van der Waals surface area contributed by atoms with Crippen LogP contribution in [0, 0.1) is 46.6 Å². The van der Waals surface area contributed by atoms with Gasteiger partial charge in [0.15, 0.2) is 0 Å². The maximum absolute atomic E-state index is 13.5. The summed E-state index contributed by atoms with van der Waals surface area (Å²) < 4.78 is 0. The van der Waals surface area contributed by atoms with E-state index in [-0.39, 0.29) is 18.0 Å². The van der Waals surface area contributed by atoms with Gasteiger partial charge >= 0.3 is 5.97 Å². The zero-order chi connectivity index (χ0) is 28.0. The highest BCUT2D eigenvalue weighted by Gasteiger charge is 2.71. The van der Waals surface area contributed by atoms with Crippen LogP contribution >= 0.6 is 0 Å². The van der Waals surface area contributed by atoms with Crippen molar-refractivity contribution in [2.24, 2.45) is 21.4 Å². The van der Waals surface area contributed by atoms with Crippen LogP contribution in [0.5, 0.6) is 0 Å². The van der Waals surface area contributed by atoms with Gasteiger partial charge in [0.1, 0.15) is 0 Å². The van der Waals surface area contributed by atoms with E-state index in [1.54, 1.807) is 0 Å². The summed E-state index contributed by atoms with van der Waals surface area (Å²) in [6.07, 6.45) is 1.25. The SMILES string of the molecule is CC12CCC(C(=O)Nc3ccc([N+](=O)[O-])cc3)(CC1=NOC(=O)c1cc([N+](=O)[O-])cc([N+](=O)[O-])c1)C2(C)C. The van der Waals surface area contributed by atoms with Crippen molar-refractivity contribution in [2.75, 3.05) is 5.32 Å². The van der Waals surface area contributed by atoms with Gasteiger partial charge in [0.2, 0.25) is 5.91 Å². The summed E-state index contributed by atoms with van der Waals surface area (Å²) in [7, 11) is 0. The van der Waals surface area contributed by atoms with Crippen LogP contribution < -0.4 is 5.32 Å². The normalized spacial score (nSPS) is 24.1. The molecule has 0 heterocycles. The van der Waals surface area contributed by atoms with E-state index in [1.165, 1.54) is 24.3 Å². The number of hydrogen-bond donors (Lipinski definition) is 1. The van der Waals surface area contributed by atoms with Gasteiger partial charge < -0.3 is 10.2 Å². The molecular formula is C24H23N5O9. The fourth-order valence-electron chi connectivity index (χ4n) is 5.51. The first-order valence-electron chi connectivity index (χ1n) is 11.5. The lowest BCUT2D eigenvalue weighted by atomic mass is 9.64. The van der Waals surface area contributed by atoms with Crippen molar-refractivity contribution < 1.29 is 29.2 Å². The first-order chi connectivity index (χ1) is 17.7. The first kappa shape index (κ1) is 26.3. The highest BCUT2D eigenvalue weighted by Crippen LogP contribution is 2.71. The smallest absolute Gasteiger partial charge is 0.326 e. The Morgan fingerprint density at radius 3 is 1.95 bits per heavy atom. The van der Waals surface area contributed by atoms with Crippen molar-refractivity contribution >= 4 is 40.3 Å². The molecule has 4 rings (SSSR count). The third-order valence-corrected chi connectivity index (χ3v) is 8.30. The molecule has 198 valence electrons. The molecule has 2 fully saturated rings. The minimum Gasteiger partial charge on any atom is -0.326 e. The quantitative estimate of drug-likeness (QED) is 0.300. The molecule has 14 nitrogen and oxygen atoms in total. The molecule has 0 aromatic heterocycles. The molecule has 2 saturated carbocycles. The van der Waals surface area contributed by atoms with Crippen LogP contribution in [-0.2, 0) is 9.63 Å². The second-order valence-corrected chi connectivity index (χ2v) is 10.1. The summed E-state index contributed by atoms with van der Waals surface area (Å²) in [5.41, 5.74) is -3.14. The lowest BCUT2D eigenvalue weighted by Crippen LogP contribution is -2.43. The number of amides is 1. The lowest BCUT2D eigenvalue weighted by Gasteiger charge is -2.39. The van der Waals surface area contributed by atoms with Gasteiger partial charge in [-0.3, -0.25) is 35.1 Å². The zero-order valence-corrected chi connectivity index (χ0v) is 20.6. The molecule has 2 bridgehead atoms. The highest BCUT2D eigenvalue weighted by molar-refractivity contribution is 6.06. The van der Waals surface area contributed by atoms with Crippen molar-refractivity contribution in [3.05, 3.63) is 78.4 Å². The number of nitro groups is 3. The predicted molar refractivity (Wildman–Crippen MR) is 132 cm³/mol. The summed E-state index contributed by atoms with van der Waals surface area (Å²) in [6.45, 7) is 5.75. The number of hydrogen-bond acceptors (Lipinski definition) is 10. The highest BCUT2D eigenvalue weighted by atomic mass is 16.7. The Balaban J connectivity index is 1.59. The third kappa shape index (κ3) is 4.03. The van der Waals surface area contributed by atoms with E-state index in [2.05, 4.69) is 10.5 Å². The van der Waals surface area contributed by atoms with Gasteiger partial charge in [-0.15, -0.1) is 0 Å². The van der Waals surface area contributed by atoms with Crippen LogP contribution in [-0.4, -0.2) is 32.4 Å². The third-order valence-electron chi connectivity index (χ3n) is 8.30. The summed E-state index contributed by atoms with van der Waals surface area (Å²) in [5.74, 6) is -1.41. The van der Waals surface area contributed by atoms with E-state index in [1.807, 2.05) is 20.8 Å². The van der Waals surface area contributed by atoms with Crippen molar-refractivity contribution in [3.63, 3.8) is 0 Å². The number of nitrogens with one attached hydrogen (secondary N) is 1. The Kier molecular flexibility index (Phi) is 6.21. The minimum atomic E-state index is -1.11. The molecule has 2 aromatic rings. The number of anilines is 1. The fourth-order valence-corrected chi connectivity index (χ4v) is 5.51. The van der Waals surface area contributed by atoms with Gasteiger partial charge in [-0.1, -0.05) is 25.9 Å². The number of oxime groups is 1. The first-order valence-corrected chi connectivity index (χ1v) is 11.5. The monoisotopic (exact) mass is 525 g/mol. The molecule has 1 amide bonds.